The lowest BCUT2D eigenvalue weighted by Gasteiger charge is -2.41. The van der Waals surface area contributed by atoms with Crippen molar-refractivity contribution in [3.05, 3.63) is 35.4 Å². The van der Waals surface area contributed by atoms with E-state index in [1.165, 1.54) is 12.5 Å². The van der Waals surface area contributed by atoms with Gasteiger partial charge in [0.15, 0.2) is 0 Å². The van der Waals surface area contributed by atoms with E-state index in [0.29, 0.717) is 0 Å². The maximum absolute atomic E-state index is 11.9. The maximum Gasteiger partial charge on any atom is 0.412 e. The van der Waals surface area contributed by atoms with Gasteiger partial charge in [-0.3, -0.25) is 10.1 Å². The van der Waals surface area contributed by atoms with Crippen LogP contribution in [0, 0.1) is 0 Å². The van der Waals surface area contributed by atoms with Crippen LogP contribution in [-0.4, -0.2) is 12.0 Å². The Hall–Kier alpha value is -2.30. The molecule has 3 rings (SSSR count). The van der Waals surface area contributed by atoms with Gasteiger partial charge in [0.05, 0.1) is 5.69 Å². The van der Waals surface area contributed by atoms with Gasteiger partial charge in [-0.15, -0.1) is 0 Å². The monoisotopic (exact) mass is 300 g/mol. The van der Waals surface area contributed by atoms with Crippen molar-refractivity contribution in [1.29, 1.82) is 0 Å². The van der Waals surface area contributed by atoms with E-state index < -0.39 is 11.5 Å². The summed E-state index contributed by atoms with van der Waals surface area (Å²) in [7, 11) is 0. The van der Waals surface area contributed by atoms with Crippen LogP contribution in [0.15, 0.2) is 24.3 Å². The van der Waals surface area contributed by atoms with Crippen molar-refractivity contribution in [3.8, 4) is 0 Å². The molecule has 1 spiro atoms. The van der Waals surface area contributed by atoms with E-state index in [0.717, 1.165) is 48.1 Å². The number of allylic oxidation sites excluding steroid dienone is 1. The normalized spacial score (nSPS) is 20.0. The molecule has 1 aromatic rings. The summed E-state index contributed by atoms with van der Waals surface area (Å²) >= 11 is 0. The van der Waals surface area contributed by atoms with E-state index in [9.17, 15) is 9.59 Å². The van der Waals surface area contributed by atoms with E-state index in [1.54, 1.807) is 0 Å². The molecule has 1 aliphatic heterocycles. The number of ether oxygens (including phenoxy) is 1. The molecule has 1 aromatic carbocycles. The van der Waals surface area contributed by atoms with E-state index in [4.69, 9.17) is 10.5 Å². The number of hydrogen-bond donors (Lipinski definition) is 2. The smallest absolute Gasteiger partial charge is 0.412 e. The summed E-state index contributed by atoms with van der Waals surface area (Å²) in [6.07, 6.45) is 5.98. The molecule has 0 saturated heterocycles. The molecule has 0 aromatic heterocycles. The second-order valence-electron chi connectivity index (χ2n) is 6.06. The Bertz CT molecular complexity index is 658. The predicted octanol–water partition coefficient (Wildman–Crippen LogP) is 3.30. The van der Waals surface area contributed by atoms with E-state index in [2.05, 4.69) is 5.32 Å². The lowest BCUT2D eigenvalue weighted by Crippen LogP contribution is -2.41. The van der Waals surface area contributed by atoms with Crippen LogP contribution in [0.2, 0.25) is 0 Å². The number of benzene rings is 1. The summed E-state index contributed by atoms with van der Waals surface area (Å²) in [5.74, 6) is -0.466. The summed E-state index contributed by atoms with van der Waals surface area (Å²) < 4.78 is 5.70. The van der Waals surface area contributed by atoms with Gasteiger partial charge in [0.2, 0.25) is 5.91 Å². The number of hydrogen-bond acceptors (Lipinski definition) is 3. The van der Waals surface area contributed by atoms with Gasteiger partial charge in [0, 0.05) is 11.6 Å². The van der Waals surface area contributed by atoms with Gasteiger partial charge < -0.3 is 10.5 Å². The molecular formula is C17H20N2O3. The Balaban J connectivity index is 2.07. The minimum atomic E-state index is -0.529. The summed E-state index contributed by atoms with van der Waals surface area (Å²) in [4.78, 5) is 22.9. The molecule has 5 heteroatoms. The molecule has 22 heavy (non-hydrogen) atoms. The number of nitrogens with one attached hydrogen (secondary N) is 1. The second-order valence-corrected chi connectivity index (χ2v) is 6.06. The van der Waals surface area contributed by atoms with Crippen LogP contribution in [0.3, 0.4) is 0 Å². The molecule has 1 heterocycles. The number of primary amides is 1. The zero-order valence-corrected chi connectivity index (χ0v) is 12.6. The van der Waals surface area contributed by atoms with Crippen LogP contribution >= 0.6 is 0 Å². The first kappa shape index (κ1) is 14.6. The van der Waals surface area contributed by atoms with Gasteiger partial charge >= 0.3 is 6.09 Å². The lowest BCUT2D eigenvalue weighted by atomic mass is 9.77. The maximum atomic E-state index is 11.9. The molecule has 0 atom stereocenters. The van der Waals surface area contributed by atoms with Gasteiger partial charge in [-0.1, -0.05) is 12.5 Å². The van der Waals surface area contributed by atoms with E-state index in [-0.39, 0.29) is 6.09 Å². The molecule has 1 aliphatic carbocycles. The van der Waals surface area contributed by atoms with Crippen molar-refractivity contribution in [3.63, 3.8) is 0 Å². The van der Waals surface area contributed by atoms with E-state index in [1.807, 2.05) is 25.1 Å². The SMILES string of the molecule is CC(=CC(N)=O)c1ccc2c(c1)C1(CCCCC1)OC(=O)N2. The summed E-state index contributed by atoms with van der Waals surface area (Å²) in [5.41, 5.74) is 8.22. The highest BCUT2D eigenvalue weighted by molar-refractivity contribution is 5.94. The predicted molar refractivity (Wildman–Crippen MR) is 84.2 cm³/mol. The number of rotatable bonds is 2. The van der Waals surface area contributed by atoms with Crippen molar-refractivity contribution in [2.24, 2.45) is 5.73 Å². The van der Waals surface area contributed by atoms with Crippen LogP contribution in [-0.2, 0) is 15.1 Å². The first-order valence-corrected chi connectivity index (χ1v) is 7.63. The Kier molecular flexibility index (Phi) is 3.64. The average molecular weight is 300 g/mol. The Morgan fingerprint density at radius 3 is 2.73 bits per heavy atom. The fourth-order valence-corrected chi connectivity index (χ4v) is 3.43. The van der Waals surface area contributed by atoms with Crippen LogP contribution < -0.4 is 11.1 Å². The summed E-state index contributed by atoms with van der Waals surface area (Å²) in [5, 5.41) is 2.77. The number of nitrogens with two attached hydrogens (primary N) is 1. The molecule has 0 bridgehead atoms. The third-order valence-electron chi connectivity index (χ3n) is 4.51. The fraction of sp³-hybridized carbons (Fsp3) is 0.412. The number of anilines is 1. The van der Waals surface area contributed by atoms with Crippen molar-refractivity contribution in [2.45, 2.75) is 44.6 Å². The Morgan fingerprint density at radius 2 is 2.05 bits per heavy atom. The molecule has 116 valence electrons. The van der Waals surface area contributed by atoms with Gasteiger partial charge in [-0.05, 0) is 55.9 Å². The summed E-state index contributed by atoms with van der Waals surface area (Å²) in [6.45, 7) is 1.85. The Labute approximate surface area is 129 Å². The molecule has 2 amide bonds. The minimum absolute atomic E-state index is 0.383. The minimum Gasteiger partial charge on any atom is -0.438 e. The number of carbonyl (C=O) groups is 2. The highest BCUT2D eigenvalue weighted by atomic mass is 16.6. The second kappa shape index (κ2) is 5.48. The highest BCUT2D eigenvalue weighted by Crippen LogP contribution is 2.46. The molecule has 0 unspecified atom stereocenters. The quantitative estimate of drug-likeness (QED) is 0.822. The zero-order valence-electron chi connectivity index (χ0n) is 12.6. The first-order chi connectivity index (χ1) is 10.5. The topological polar surface area (TPSA) is 81.4 Å². The third kappa shape index (κ3) is 2.58. The molecule has 1 saturated carbocycles. The molecule has 3 N–H and O–H groups in total. The standard InChI is InChI=1S/C17H20N2O3/c1-11(9-15(18)20)12-5-6-14-13(10-12)17(22-16(21)19-14)7-3-2-4-8-17/h5-6,9-10H,2-4,7-8H2,1H3,(H2,18,20)(H,19,21). The average Bonchev–Trinajstić information content (AvgIpc) is 2.47. The van der Waals surface area contributed by atoms with Crippen LogP contribution in [0.4, 0.5) is 10.5 Å². The number of carbonyl (C=O) groups excluding carboxylic acids is 2. The van der Waals surface area contributed by atoms with Crippen molar-refractivity contribution in [1.82, 2.24) is 0 Å². The third-order valence-corrected chi connectivity index (χ3v) is 4.51. The lowest BCUT2D eigenvalue weighted by molar-refractivity contribution is -0.113. The van der Waals surface area contributed by atoms with Gasteiger partial charge in [-0.2, -0.15) is 0 Å². The van der Waals surface area contributed by atoms with Crippen LogP contribution in [0.1, 0.15) is 50.2 Å². The van der Waals surface area contributed by atoms with Crippen molar-refractivity contribution >= 4 is 23.3 Å². The van der Waals surface area contributed by atoms with Gasteiger partial charge in [-0.25, -0.2) is 4.79 Å². The fourth-order valence-electron chi connectivity index (χ4n) is 3.43. The molecule has 0 radical (unpaired) electrons. The van der Waals surface area contributed by atoms with Crippen molar-refractivity contribution in [2.75, 3.05) is 5.32 Å². The largest absolute Gasteiger partial charge is 0.438 e. The molecule has 2 aliphatic rings. The Morgan fingerprint density at radius 1 is 1.32 bits per heavy atom. The van der Waals surface area contributed by atoms with Crippen LogP contribution in [0.25, 0.3) is 5.57 Å². The molecular weight excluding hydrogens is 280 g/mol. The highest BCUT2D eigenvalue weighted by Gasteiger charge is 2.42. The van der Waals surface area contributed by atoms with Crippen LogP contribution in [0.5, 0.6) is 0 Å². The summed E-state index contributed by atoms with van der Waals surface area (Å²) in [6, 6.07) is 5.77. The van der Waals surface area contributed by atoms with Gasteiger partial charge in [0.25, 0.3) is 0 Å². The molecule has 1 fully saturated rings. The van der Waals surface area contributed by atoms with Crippen molar-refractivity contribution < 1.29 is 14.3 Å². The zero-order chi connectivity index (χ0) is 15.7. The first-order valence-electron chi connectivity index (χ1n) is 7.63. The van der Waals surface area contributed by atoms with Gasteiger partial charge in [0.1, 0.15) is 5.60 Å². The van der Waals surface area contributed by atoms with E-state index >= 15 is 0 Å². The number of amides is 2. The molecule has 5 nitrogen and oxygen atoms in total. The number of fused-ring (bicyclic) bond motifs is 2.